The summed E-state index contributed by atoms with van der Waals surface area (Å²) in [6.07, 6.45) is 2.42. The molecule has 0 saturated carbocycles. The third-order valence-electron chi connectivity index (χ3n) is 6.03. The van der Waals surface area contributed by atoms with Crippen molar-refractivity contribution in [2.24, 2.45) is 0 Å². The minimum Gasteiger partial charge on any atom is -0.493 e. The zero-order chi connectivity index (χ0) is 25.4. The number of amides is 1. The zero-order valence-corrected chi connectivity index (χ0v) is 22.5. The van der Waals surface area contributed by atoms with E-state index in [1.165, 1.54) is 7.11 Å². The Labute approximate surface area is 215 Å². The largest absolute Gasteiger partial charge is 0.493 e. The number of nitrogens with zero attached hydrogens (tertiary/aromatic N) is 1. The molecule has 1 fully saturated rings. The summed E-state index contributed by atoms with van der Waals surface area (Å²) in [5.41, 5.74) is 1.59. The number of hydrogen-bond donors (Lipinski definition) is 0. The van der Waals surface area contributed by atoms with Crippen molar-refractivity contribution in [2.45, 2.75) is 29.9 Å². The van der Waals surface area contributed by atoms with Gasteiger partial charge in [-0.2, -0.15) is 0 Å². The third-order valence-corrected chi connectivity index (χ3v) is 9.23. The molecule has 3 rings (SSSR count). The van der Waals surface area contributed by atoms with E-state index < -0.39 is 10.1 Å². The summed E-state index contributed by atoms with van der Waals surface area (Å²) in [7, 11) is 6.29. The predicted octanol–water partition coefficient (Wildman–Crippen LogP) is 4.62. The van der Waals surface area contributed by atoms with Crippen molar-refractivity contribution in [1.29, 1.82) is 0 Å². The first-order valence-corrected chi connectivity index (χ1v) is 13.3. The van der Waals surface area contributed by atoms with E-state index >= 15 is 0 Å². The molecule has 0 aliphatic carbocycles. The lowest BCUT2D eigenvalue weighted by molar-refractivity contribution is -0.135. The van der Waals surface area contributed by atoms with Gasteiger partial charge in [-0.05, 0) is 66.7 Å². The summed E-state index contributed by atoms with van der Waals surface area (Å²) in [6, 6.07) is 10.9. The van der Waals surface area contributed by atoms with Crippen LogP contribution >= 0.6 is 23.5 Å². The fraction of sp³-hybridized carbons (Fsp3) is 0.462. The molecule has 1 amide bonds. The average Bonchev–Trinajstić information content (AvgIpc) is 2.89. The lowest BCUT2D eigenvalue weighted by atomic mass is 9.98. The van der Waals surface area contributed by atoms with Gasteiger partial charge in [0.15, 0.2) is 23.0 Å². The second kappa shape index (κ2) is 12.4. The van der Waals surface area contributed by atoms with Crippen LogP contribution in [0.5, 0.6) is 23.0 Å². The maximum atomic E-state index is 13.9. The molecule has 0 N–H and O–H groups in total. The summed E-state index contributed by atoms with van der Waals surface area (Å²) in [6.45, 7) is 2.53. The van der Waals surface area contributed by atoms with Crippen molar-refractivity contribution in [3.05, 3.63) is 47.5 Å². The van der Waals surface area contributed by atoms with Crippen LogP contribution in [0.25, 0.3) is 0 Å². The van der Waals surface area contributed by atoms with E-state index in [9.17, 15) is 9.59 Å². The molecule has 190 valence electrons. The van der Waals surface area contributed by atoms with E-state index in [-0.39, 0.29) is 5.91 Å². The molecule has 1 aliphatic rings. The highest BCUT2D eigenvalue weighted by atomic mass is 32.2. The van der Waals surface area contributed by atoms with Gasteiger partial charge in [-0.1, -0.05) is 12.1 Å². The normalized spacial score (nSPS) is 15.6. The Morgan fingerprint density at radius 2 is 1.51 bits per heavy atom. The van der Waals surface area contributed by atoms with Gasteiger partial charge in [0.05, 0.1) is 28.4 Å². The fourth-order valence-electron chi connectivity index (χ4n) is 4.06. The standard InChI is InChI=1S/C26H33NO6S2/c1-26(34-13-6-14-35-26)27(12-11-18-7-9-21(30-2)23(15-18)32-4)25(29)20(17-28)19-8-10-22(31-3)24(16-19)33-5/h7-10,15-17,20H,6,11-14H2,1-5H3. The number of methoxy groups -OCH3 is 4. The van der Waals surface area contributed by atoms with Gasteiger partial charge in [0.1, 0.15) is 16.4 Å². The average molecular weight is 520 g/mol. The number of ether oxygens (including phenoxy) is 4. The Balaban J connectivity index is 1.91. The van der Waals surface area contributed by atoms with Crippen molar-refractivity contribution >= 4 is 35.7 Å². The molecule has 0 bridgehead atoms. The highest BCUT2D eigenvalue weighted by Crippen LogP contribution is 2.45. The van der Waals surface area contributed by atoms with Gasteiger partial charge < -0.3 is 28.6 Å². The molecule has 1 unspecified atom stereocenters. The number of hydrogen-bond acceptors (Lipinski definition) is 8. The van der Waals surface area contributed by atoms with Gasteiger partial charge in [0.2, 0.25) is 5.91 Å². The van der Waals surface area contributed by atoms with Crippen LogP contribution in [-0.2, 0) is 16.0 Å². The lowest BCUT2D eigenvalue weighted by Gasteiger charge is -2.43. The second-order valence-corrected chi connectivity index (χ2v) is 11.3. The van der Waals surface area contributed by atoms with E-state index in [0.29, 0.717) is 47.8 Å². The molecule has 2 aromatic rings. The van der Waals surface area contributed by atoms with E-state index in [2.05, 4.69) is 6.92 Å². The van der Waals surface area contributed by atoms with Crippen LogP contribution in [-0.4, -0.2) is 67.8 Å². The van der Waals surface area contributed by atoms with E-state index in [0.717, 1.165) is 23.5 Å². The van der Waals surface area contributed by atoms with Gasteiger partial charge in [-0.15, -0.1) is 23.5 Å². The van der Waals surface area contributed by atoms with Crippen LogP contribution in [0, 0.1) is 0 Å². The number of aldehydes is 1. The van der Waals surface area contributed by atoms with Gasteiger partial charge in [-0.3, -0.25) is 4.79 Å². The molecule has 9 heteroatoms. The Bertz CT molecular complexity index is 1020. The van der Waals surface area contributed by atoms with Gasteiger partial charge >= 0.3 is 0 Å². The first-order valence-electron chi connectivity index (χ1n) is 11.4. The quantitative estimate of drug-likeness (QED) is 0.315. The molecule has 7 nitrogen and oxygen atoms in total. The van der Waals surface area contributed by atoms with Gasteiger partial charge in [0.25, 0.3) is 0 Å². The summed E-state index contributed by atoms with van der Waals surface area (Å²) in [5, 5.41) is 0. The lowest BCUT2D eigenvalue weighted by Crippen LogP contribution is -2.50. The van der Waals surface area contributed by atoms with Gasteiger partial charge in [-0.25, -0.2) is 0 Å². The Kier molecular flexibility index (Phi) is 9.63. The molecular formula is C26H33NO6S2. The van der Waals surface area contributed by atoms with Crippen LogP contribution in [0.2, 0.25) is 0 Å². The molecule has 1 saturated heterocycles. The van der Waals surface area contributed by atoms with Crippen LogP contribution < -0.4 is 18.9 Å². The fourth-order valence-corrected chi connectivity index (χ4v) is 7.09. The first-order chi connectivity index (χ1) is 16.9. The highest BCUT2D eigenvalue weighted by Gasteiger charge is 2.41. The molecule has 1 aliphatic heterocycles. The first kappa shape index (κ1) is 27.1. The smallest absolute Gasteiger partial charge is 0.239 e. The molecule has 0 radical (unpaired) electrons. The molecule has 0 aromatic heterocycles. The van der Waals surface area contributed by atoms with E-state index in [4.69, 9.17) is 18.9 Å². The molecule has 1 heterocycles. The maximum absolute atomic E-state index is 13.9. The van der Waals surface area contributed by atoms with Crippen LogP contribution in [0.4, 0.5) is 0 Å². The minimum atomic E-state index is -0.944. The molecule has 1 atom stereocenters. The van der Waals surface area contributed by atoms with Crippen LogP contribution in [0.3, 0.4) is 0 Å². The van der Waals surface area contributed by atoms with Gasteiger partial charge in [0, 0.05) is 6.54 Å². The van der Waals surface area contributed by atoms with Crippen LogP contribution in [0.15, 0.2) is 36.4 Å². The van der Waals surface area contributed by atoms with Crippen molar-refractivity contribution in [3.8, 4) is 23.0 Å². The van der Waals surface area contributed by atoms with E-state index in [1.807, 2.05) is 23.1 Å². The molecule has 2 aromatic carbocycles. The predicted molar refractivity (Wildman–Crippen MR) is 141 cm³/mol. The number of carbonyl (C=O) groups is 2. The van der Waals surface area contributed by atoms with E-state index in [1.54, 1.807) is 63.1 Å². The van der Waals surface area contributed by atoms with Crippen molar-refractivity contribution in [2.75, 3.05) is 46.5 Å². The van der Waals surface area contributed by atoms with Crippen LogP contribution in [0.1, 0.15) is 30.4 Å². The highest BCUT2D eigenvalue weighted by molar-refractivity contribution is 8.18. The van der Waals surface area contributed by atoms with Crippen molar-refractivity contribution < 1.29 is 28.5 Å². The summed E-state index contributed by atoms with van der Waals surface area (Å²) >= 11 is 3.50. The number of rotatable bonds is 11. The van der Waals surface area contributed by atoms with Crippen molar-refractivity contribution in [1.82, 2.24) is 4.90 Å². The summed E-state index contributed by atoms with van der Waals surface area (Å²) < 4.78 is 21.0. The Morgan fingerprint density at radius 3 is 2.09 bits per heavy atom. The maximum Gasteiger partial charge on any atom is 0.239 e. The minimum absolute atomic E-state index is 0.225. The second-order valence-electron chi connectivity index (χ2n) is 8.11. The zero-order valence-electron chi connectivity index (χ0n) is 20.9. The molecule has 0 spiro atoms. The third kappa shape index (κ3) is 6.19. The number of benzene rings is 2. The monoisotopic (exact) mass is 519 g/mol. The van der Waals surface area contributed by atoms with Crippen molar-refractivity contribution in [3.63, 3.8) is 0 Å². The topological polar surface area (TPSA) is 74.3 Å². The Hall–Kier alpha value is -2.52. The molecule has 35 heavy (non-hydrogen) atoms. The SMILES string of the molecule is COc1ccc(CCN(C(=O)C(C=O)c2ccc(OC)c(OC)c2)C2(C)SCCCS2)cc1OC. The number of carbonyl (C=O) groups excluding carboxylic acids is 2. The number of thioether (sulfide) groups is 2. The summed E-state index contributed by atoms with van der Waals surface area (Å²) in [5.74, 6) is 3.09. The molecular weight excluding hydrogens is 486 g/mol. The Morgan fingerprint density at radius 1 is 0.943 bits per heavy atom. The summed E-state index contributed by atoms with van der Waals surface area (Å²) in [4.78, 5) is 28.0.